The van der Waals surface area contributed by atoms with Gasteiger partial charge in [0.15, 0.2) is 0 Å². The molecular formula is C18H22N2O4S. The molecule has 0 aliphatic carbocycles. The van der Waals surface area contributed by atoms with Gasteiger partial charge in [-0.25, -0.2) is 17.9 Å². The standard InChI is InChI=1S/C18H22N2O4S/c1-2-11-19-16-9-8-15(18(21)22)13-17(16)25(23,24)20-12-10-14-6-4-3-5-7-14/h3-9,13,19-20H,2,10-12H2,1H3,(H,21,22). The lowest BCUT2D eigenvalue weighted by molar-refractivity contribution is 0.0696. The van der Waals surface area contributed by atoms with Crippen molar-refractivity contribution >= 4 is 21.7 Å². The first-order valence-corrected chi connectivity index (χ1v) is 9.57. The van der Waals surface area contributed by atoms with E-state index in [2.05, 4.69) is 10.0 Å². The van der Waals surface area contributed by atoms with Crippen molar-refractivity contribution in [3.63, 3.8) is 0 Å². The van der Waals surface area contributed by atoms with Crippen molar-refractivity contribution in [2.45, 2.75) is 24.7 Å². The summed E-state index contributed by atoms with van der Waals surface area (Å²) >= 11 is 0. The van der Waals surface area contributed by atoms with Crippen LogP contribution in [0.15, 0.2) is 53.4 Å². The fourth-order valence-electron chi connectivity index (χ4n) is 2.34. The Bertz CT molecular complexity index is 820. The van der Waals surface area contributed by atoms with Gasteiger partial charge in [-0.1, -0.05) is 37.3 Å². The second kappa shape index (κ2) is 8.64. The van der Waals surface area contributed by atoms with Gasteiger partial charge in [-0.3, -0.25) is 0 Å². The number of sulfonamides is 1. The number of hydrogen-bond donors (Lipinski definition) is 3. The van der Waals surface area contributed by atoms with Gasteiger partial charge in [0.2, 0.25) is 10.0 Å². The molecule has 0 unspecified atom stereocenters. The quantitative estimate of drug-likeness (QED) is 0.637. The van der Waals surface area contributed by atoms with Gasteiger partial charge in [-0.15, -0.1) is 0 Å². The summed E-state index contributed by atoms with van der Waals surface area (Å²) in [6.07, 6.45) is 1.37. The average molecular weight is 362 g/mol. The second-order valence-corrected chi connectivity index (χ2v) is 7.31. The van der Waals surface area contributed by atoms with E-state index in [1.807, 2.05) is 37.3 Å². The Morgan fingerprint density at radius 2 is 1.80 bits per heavy atom. The maximum atomic E-state index is 12.6. The number of anilines is 1. The van der Waals surface area contributed by atoms with E-state index >= 15 is 0 Å². The zero-order valence-electron chi connectivity index (χ0n) is 14.0. The predicted octanol–water partition coefficient (Wildman–Crippen LogP) is 2.73. The Morgan fingerprint density at radius 1 is 1.08 bits per heavy atom. The SMILES string of the molecule is CCCNc1ccc(C(=O)O)cc1S(=O)(=O)NCCc1ccccc1. The van der Waals surface area contributed by atoms with Crippen molar-refractivity contribution in [3.05, 3.63) is 59.7 Å². The number of carboxylic acid groups (broad SMARTS) is 1. The first-order valence-electron chi connectivity index (χ1n) is 8.09. The largest absolute Gasteiger partial charge is 0.478 e. The van der Waals surface area contributed by atoms with Crippen molar-refractivity contribution in [1.29, 1.82) is 0 Å². The number of carboxylic acids is 1. The molecular weight excluding hydrogens is 340 g/mol. The number of aromatic carboxylic acids is 1. The van der Waals surface area contributed by atoms with Crippen LogP contribution in [-0.2, 0) is 16.4 Å². The minimum Gasteiger partial charge on any atom is -0.478 e. The van der Waals surface area contributed by atoms with E-state index in [9.17, 15) is 13.2 Å². The fourth-order valence-corrected chi connectivity index (χ4v) is 3.57. The van der Waals surface area contributed by atoms with Gasteiger partial charge in [0, 0.05) is 13.1 Å². The second-order valence-electron chi connectivity index (χ2n) is 5.58. The molecule has 0 amide bonds. The van der Waals surface area contributed by atoms with Gasteiger partial charge >= 0.3 is 5.97 Å². The molecule has 25 heavy (non-hydrogen) atoms. The zero-order valence-corrected chi connectivity index (χ0v) is 14.8. The van der Waals surface area contributed by atoms with Crippen LogP contribution in [0.5, 0.6) is 0 Å². The van der Waals surface area contributed by atoms with Crippen LogP contribution in [-0.4, -0.2) is 32.6 Å². The van der Waals surface area contributed by atoms with Crippen molar-refractivity contribution in [2.24, 2.45) is 0 Å². The van der Waals surface area contributed by atoms with E-state index < -0.39 is 16.0 Å². The molecule has 0 radical (unpaired) electrons. The lowest BCUT2D eigenvalue weighted by atomic mass is 10.2. The van der Waals surface area contributed by atoms with Crippen LogP contribution in [0.4, 0.5) is 5.69 Å². The van der Waals surface area contributed by atoms with Crippen molar-refractivity contribution in [1.82, 2.24) is 4.72 Å². The molecule has 0 fully saturated rings. The third-order valence-electron chi connectivity index (χ3n) is 3.63. The monoisotopic (exact) mass is 362 g/mol. The molecule has 134 valence electrons. The maximum Gasteiger partial charge on any atom is 0.335 e. The third-order valence-corrected chi connectivity index (χ3v) is 5.13. The third kappa shape index (κ3) is 5.30. The molecule has 2 aromatic carbocycles. The lowest BCUT2D eigenvalue weighted by Crippen LogP contribution is -2.27. The van der Waals surface area contributed by atoms with Crippen LogP contribution in [0.2, 0.25) is 0 Å². The smallest absolute Gasteiger partial charge is 0.335 e. The summed E-state index contributed by atoms with van der Waals surface area (Å²) in [6, 6.07) is 13.6. The van der Waals surface area contributed by atoms with E-state index in [1.165, 1.54) is 18.2 Å². The molecule has 0 spiro atoms. The zero-order chi connectivity index (χ0) is 18.3. The highest BCUT2D eigenvalue weighted by molar-refractivity contribution is 7.89. The summed E-state index contributed by atoms with van der Waals surface area (Å²) in [4.78, 5) is 11.1. The lowest BCUT2D eigenvalue weighted by Gasteiger charge is -2.14. The summed E-state index contributed by atoms with van der Waals surface area (Å²) in [5.74, 6) is -1.16. The predicted molar refractivity (Wildman–Crippen MR) is 97.5 cm³/mol. The molecule has 0 aliphatic heterocycles. The molecule has 0 aromatic heterocycles. The first-order chi connectivity index (χ1) is 11.9. The topological polar surface area (TPSA) is 95.5 Å². The molecule has 0 heterocycles. The van der Waals surface area contributed by atoms with Crippen molar-refractivity contribution < 1.29 is 18.3 Å². The molecule has 0 saturated heterocycles. The number of rotatable bonds is 9. The Kier molecular flexibility index (Phi) is 6.55. The van der Waals surface area contributed by atoms with Crippen LogP contribution in [0, 0.1) is 0 Å². The van der Waals surface area contributed by atoms with Crippen LogP contribution < -0.4 is 10.0 Å². The van der Waals surface area contributed by atoms with E-state index in [4.69, 9.17) is 5.11 Å². The van der Waals surface area contributed by atoms with Crippen LogP contribution in [0.25, 0.3) is 0 Å². The summed E-state index contributed by atoms with van der Waals surface area (Å²) in [7, 11) is -3.82. The van der Waals surface area contributed by atoms with Gasteiger partial charge in [0.05, 0.1) is 11.3 Å². The molecule has 0 saturated carbocycles. The van der Waals surface area contributed by atoms with Crippen LogP contribution >= 0.6 is 0 Å². The highest BCUT2D eigenvalue weighted by atomic mass is 32.2. The average Bonchev–Trinajstić information content (AvgIpc) is 2.60. The number of hydrogen-bond acceptors (Lipinski definition) is 4. The Morgan fingerprint density at radius 3 is 2.44 bits per heavy atom. The Labute approximate surface area is 147 Å². The summed E-state index contributed by atoms with van der Waals surface area (Å²) in [6.45, 7) is 2.79. The highest BCUT2D eigenvalue weighted by Crippen LogP contribution is 2.23. The Hall–Kier alpha value is -2.38. The first kappa shape index (κ1) is 19.0. The van der Waals surface area contributed by atoms with Gasteiger partial charge in [-0.2, -0.15) is 0 Å². The fraction of sp³-hybridized carbons (Fsp3) is 0.278. The van der Waals surface area contributed by atoms with E-state index in [0.717, 1.165) is 12.0 Å². The summed E-state index contributed by atoms with van der Waals surface area (Å²) < 4.78 is 27.8. The van der Waals surface area contributed by atoms with Crippen molar-refractivity contribution in [2.75, 3.05) is 18.4 Å². The molecule has 2 aromatic rings. The Balaban J connectivity index is 2.20. The maximum absolute atomic E-state index is 12.6. The summed E-state index contributed by atoms with van der Waals surface area (Å²) in [5.41, 5.74) is 1.36. The number of carbonyl (C=O) groups is 1. The molecule has 7 heteroatoms. The number of benzene rings is 2. The minimum atomic E-state index is -3.82. The normalized spacial score (nSPS) is 11.2. The highest BCUT2D eigenvalue weighted by Gasteiger charge is 2.20. The van der Waals surface area contributed by atoms with Gasteiger partial charge in [0.1, 0.15) is 4.90 Å². The van der Waals surface area contributed by atoms with Crippen molar-refractivity contribution in [3.8, 4) is 0 Å². The van der Waals surface area contributed by atoms with Crippen LogP contribution in [0.3, 0.4) is 0 Å². The molecule has 3 N–H and O–H groups in total. The molecule has 6 nitrogen and oxygen atoms in total. The molecule has 2 rings (SSSR count). The van der Waals surface area contributed by atoms with E-state index in [1.54, 1.807) is 0 Å². The van der Waals surface area contributed by atoms with Gasteiger partial charge in [-0.05, 0) is 36.6 Å². The molecule has 0 atom stereocenters. The molecule has 0 aliphatic rings. The van der Waals surface area contributed by atoms with Gasteiger partial charge < -0.3 is 10.4 Å². The van der Waals surface area contributed by atoms with E-state index in [-0.39, 0.29) is 17.0 Å². The molecule has 0 bridgehead atoms. The number of nitrogens with one attached hydrogen (secondary N) is 2. The summed E-state index contributed by atoms with van der Waals surface area (Å²) in [5, 5.41) is 12.2. The van der Waals surface area contributed by atoms with Crippen LogP contribution in [0.1, 0.15) is 29.3 Å². The van der Waals surface area contributed by atoms with E-state index in [0.29, 0.717) is 18.7 Å². The minimum absolute atomic E-state index is 0.0473. The van der Waals surface area contributed by atoms with Gasteiger partial charge in [0.25, 0.3) is 0 Å².